The predicted octanol–water partition coefficient (Wildman–Crippen LogP) is 3.81. The minimum absolute atomic E-state index is 0.0373. The highest BCUT2D eigenvalue weighted by atomic mass is 19.4. The van der Waals surface area contributed by atoms with Crippen LogP contribution in [0.2, 0.25) is 0 Å². The molecule has 154 valence electrons. The van der Waals surface area contributed by atoms with Gasteiger partial charge in [-0.15, -0.1) is 5.10 Å². The van der Waals surface area contributed by atoms with Crippen LogP contribution >= 0.6 is 0 Å². The van der Waals surface area contributed by atoms with E-state index in [9.17, 15) is 18.0 Å². The van der Waals surface area contributed by atoms with E-state index >= 15 is 0 Å². The number of nitrogens with zero attached hydrogens (tertiary/aromatic N) is 3. The zero-order valence-corrected chi connectivity index (χ0v) is 16.1. The Hall–Kier alpha value is -3.80. The highest BCUT2D eigenvalue weighted by Gasteiger charge is 2.29. The number of aryl methyl sites for hydroxylation is 1. The third kappa shape index (κ3) is 5.38. The van der Waals surface area contributed by atoms with Gasteiger partial charge in [0.25, 0.3) is 11.8 Å². The average molecular weight is 414 g/mol. The SMILES string of the molecule is COc1nn(CC(F)(F)F)cc1NC(=O)c1ccc(C)c(C#Cc2cccnc2)c1. The molecule has 6 nitrogen and oxygen atoms in total. The molecule has 0 fully saturated rings. The molecule has 0 aliphatic heterocycles. The quantitative estimate of drug-likeness (QED) is 0.660. The summed E-state index contributed by atoms with van der Waals surface area (Å²) < 4.78 is 43.4. The van der Waals surface area contributed by atoms with Crippen LogP contribution in [0, 0.1) is 18.8 Å². The van der Waals surface area contributed by atoms with E-state index in [1.807, 2.05) is 13.0 Å². The number of amides is 1. The normalized spacial score (nSPS) is 10.8. The van der Waals surface area contributed by atoms with E-state index in [1.165, 1.54) is 7.11 Å². The molecule has 0 bridgehead atoms. The Kier molecular flexibility index (Phi) is 6.06. The molecule has 2 aromatic heterocycles. The molecule has 0 atom stereocenters. The van der Waals surface area contributed by atoms with Gasteiger partial charge in [0.1, 0.15) is 12.2 Å². The van der Waals surface area contributed by atoms with Crippen molar-refractivity contribution in [2.75, 3.05) is 12.4 Å². The van der Waals surface area contributed by atoms with Crippen LogP contribution < -0.4 is 10.1 Å². The minimum Gasteiger partial charge on any atom is -0.478 e. The van der Waals surface area contributed by atoms with E-state index in [1.54, 1.807) is 36.7 Å². The van der Waals surface area contributed by atoms with Gasteiger partial charge in [-0.3, -0.25) is 14.5 Å². The summed E-state index contributed by atoms with van der Waals surface area (Å²) in [4.78, 5) is 16.6. The fourth-order valence-electron chi connectivity index (χ4n) is 2.57. The fraction of sp³-hybridized carbons (Fsp3) is 0.190. The number of rotatable bonds is 4. The molecule has 30 heavy (non-hydrogen) atoms. The number of alkyl halides is 3. The van der Waals surface area contributed by atoms with Crippen LogP contribution in [-0.4, -0.2) is 34.0 Å². The van der Waals surface area contributed by atoms with Crippen LogP contribution in [0.15, 0.2) is 48.9 Å². The molecule has 0 saturated carbocycles. The first-order valence-corrected chi connectivity index (χ1v) is 8.77. The third-order valence-corrected chi connectivity index (χ3v) is 4.01. The van der Waals surface area contributed by atoms with Crippen LogP contribution in [0.25, 0.3) is 0 Å². The van der Waals surface area contributed by atoms with Crippen LogP contribution in [0.5, 0.6) is 5.88 Å². The number of pyridine rings is 1. The molecular weight excluding hydrogens is 397 g/mol. The first-order chi connectivity index (χ1) is 14.2. The van der Waals surface area contributed by atoms with E-state index in [0.29, 0.717) is 15.8 Å². The summed E-state index contributed by atoms with van der Waals surface area (Å²) in [7, 11) is 1.26. The second-order valence-corrected chi connectivity index (χ2v) is 6.34. The van der Waals surface area contributed by atoms with Crippen molar-refractivity contribution in [2.24, 2.45) is 0 Å². The molecule has 1 aromatic carbocycles. The maximum absolute atomic E-state index is 12.6. The number of halogens is 3. The van der Waals surface area contributed by atoms with Crippen molar-refractivity contribution in [3.63, 3.8) is 0 Å². The first-order valence-electron chi connectivity index (χ1n) is 8.77. The average Bonchev–Trinajstić information content (AvgIpc) is 3.07. The topological polar surface area (TPSA) is 69.0 Å². The van der Waals surface area contributed by atoms with Crippen molar-refractivity contribution in [1.82, 2.24) is 14.8 Å². The summed E-state index contributed by atoms with van der Waals surface area (Å²) in [6, 6.07) is 8.55. The number of carbonyl (C=O) groups is 1. The van der Waals surface area contributed by atoms with E-state index < -0.39 is 18.6 Å². The van der Waals surface area contributed by atoms with Crippen molar-refractivity contribution in [1.29, 1.82) is 0 Å². The summed E-state index contributed by atoms with van der Waals surface area (Å²) in [5.41, 5.74) is 2.58. The number of nitrogens with one attached hydrogen (secondary N) is 1. The maximum Gasteiger partial charge on any atom is 0.408 e. The van der Waals surface area contributed by atoms with Gasteiger partial charge in [0.15, 0.2) is 0 Å². The largest absolute Gasteiger partial charge is 0.478 e. The number of ether oxygens (including phenoxy) is 1. The summed E-state index contributed by atoms with van der Waals surface area (Å²) in [6.45, 7) is 0.566. The Morgan fingerprint density at radius 2 is 2.07 bits per heavy atom. The number of aromatic nitrogens is 3. The highest BCUT2D eigenvalue weighted by Crippen LogP contribution is 2.25. The molecule has 0 unspecified atom stereocenters. The molecular formula is C21H17F3N4O2. The number of carbonyl (C=O) groups excluding carboxylic acids is 1. The van der Waals surface area contributed by atoms with Crippen molar-refractivity contribution in [3.8, 4) is 17.7 Å². The molecule has 0 aliphatic rings. The van der Waals surface area contributed by atoms with E-state index in [-0.39, 0.29) is 11.6 Å². The fourth-order valence-corrected chi connectivity index (χ4v) is 2.57. The Morgan fingerprint density at radius 1 is 1.27 bits per heavy atom. The van der Waals surface area contributed by atoms with Gasteiger partial charge in [-0.1, -0.05) is 17.9 Å². The van der Waals surface area contributed by atoms with Gasteiger partial charge in [0.05, 0.1) is 13.3 Å². The Balaban J connectivity index is 1.82. The zero-order chi connectivity index (χ0) is 21.7. The standard InChI is InChI=1S/C21H17F3N4O2/c1-14-5-7-17(10-16(14)8-6-15-4-3-9-25-11-15)19(29)26-18-12-28(13-21(22,23)24)27-20(18)30-2/h3-5,7,9-12H,13H2,1-2H3,(H,26,29). The summed E-state index contributed by atoms with van der Waals surface area (Å²) in [5, 5.41) is 6.22. The molecule has 0 radical (unpaired) electrons. The first kappa shape index (κ1) is 20.9. The molecule has 9 heteroatoms. The number of anilines is 1. The molecule has 1 N–H and O–H groups in total. The molecule has 3 aromatic rings. The lowest BCUT2D eigenvalue weighted by molar-refractivity contribution is -0.142. The maximum atomic E-state index is 12.6. The second kappa shape index (κ2) is 8.69. The van der Waals surface area contributed by atoms with Crippen LogP contribution in [-0.2, 0) is 6.54 Å². The number of hydrogen-bond acceptors (Lipinski definition) is 4. The summed E-state index contributed by atoms with van der Waals surface area (Å²) in [5.74, 6) is 5.34. The van der Waals surface area contributed by atoms with Gasteiger partial charge in [0, 0.05) is 29.1 Å². The smallest absolute Gasteiger partial charge is 0.408 e. The molecule has 0 aliphatic carbocycles. The van der Waals surface area contributed by atoms with Gasteiger partial charge < -0.3 is 10.1 Å². The minimum atomic E-state index is -4.45. The Labute approximate surface area is 170 Å². The highest BCUT2D eigenvalue weighted by molar-refractivity contribution is 6.05. The number of methoxy groups -OCH3 is 1. The lowest BCUT2D eigenvalue weighted by Crippen LogP contribution is -2.18. The number of benzene rings is 1. The van der Waals surface area contributed by atoms with Crippen LogP contribution in [0.3, 0.4) is 0 Å². The summed E-state index contributed by atoms with van der Waals surface area (Å²) >= 11 is 0. The Bertz CT molecular complexity index is 1110. The van der Waals surface area contributed by atoms with Crippen molar-refractivity contribution < 1.29 is 22.7 Å². The molecule has 0 spiro atoms. The molecule has 3 rings (SSSR count). The third-order valence-electron chi connectivity index (χ3n) is 4.01. The monoisotopic (exact) mass is 414 g/mol. The van der Waals surface area contributed by atoms with Crippen molar-refractivity contribution in [3.05, 3.63) is 71.2 Å². The predicted molar refractivity (Wildman–Crippen MR) is 104 cm³/mol. The Morgan fingerprint density at radius 3 is 2.73 bits per heavy atom. The van der Waals surface area contributed by atoms with E-state index in [4.69, 9.17) is 4.74 Å². The van der Waals surface area contributed by atoms with Crippen LogP contribution in [0.4, 0.5) is 18.9 Å². The van der Waals surface area contributed by atoms with E-state index in [2.05, 4.69) is 27.2 Å². The number of hydrogen-bond donors (Lipinski definition) is 1. The molecule has 0 saturated heterocycles. The van der Waals surface area contributed by atoms with E-state index in [0.717, 1.165) is 17.3 Å². The van der Waals surface area contributed by atoms with Crippen molar-refractivity contribution in [2.45, 2.75) is 19.6 Å². The van der Waals surface area contributed by atoms with Crippen molar-refractivity contribution >= 4 is 11.6 Å². The van der Waals surface area contributed by atoms with Gasteiger partial charge in [-0.2, -0.15) is 13.2 Å². The second-order valence-electron chi connectivity index (χ2n) is 6.34. The lowest BCUT2D eigenvalue weighted by atomic mass is 10.0. The van der Waals surface area contributed by atoms with Gasteiger partial charge in [-0.05, 0) is 36.8 Å². The van der Waals surface area contributed by atoms with Crippen LogP contribution in [0.1, 0.15) is 27.0 Å². The summed E-state index contributed by atoms with van der Waals surface area (Å²) in [6.07, 6.45) is -0.102. The van der Waals surface area contributed by atoms with Gasteiger partial charge >= 0.3 is 6.18 Å². The van der Waals surface area contributed by atoms with Gasteiger partial charge in [-0.25, -0.2) is 0 Å². The zero-order valence-electron chi connectivity index (χ0n) is 16.1. The van der Waals surface area contributed by atoms with Gasteiger partial charge in [0.2, 0.25) is 0 Å². The lowest BCUT2D eigenvalue weighted by Gasteiger charge is -2.06. The molecule has 2 heterocycles. The molecule has 1 amide bonds.